The number of likely N-dealkylation sites (N-methyl/N-ethyl adjacent to an activating group) is 1. The molecule has 0 aliphatic heterocycles. The number of hydrogen-bond acceptors (Lipinski definition) is 3. The molecule has 94 valence electrons. The van der Waals surface area contributed by atoms with Crippen LogP contribution in [0.3, 0.4) is 0 Å². The first kappa shape index (κ1) is 13.5. The molecule has 0 aliphatic rings. The molecule has 0 fully saturated rings. The van der Waals surface area contributed by atoms with Crippen LogP contribution < -0.4 is 10.6 Å². The fourth-order valence-corrected chi connectivity index (χ4v) is 1.64. The van der Waals surface area contributed by atoms with Crippen LogP contribution in [0.4, 0.5) is 11.4 Å². The van der Waals surface area contributed by atoms with Crippen molar-refractivity contribution in [2.24, 2.45) is 0 Å². The van der Waals surface area contributed by atoms with Crippen LogP contribution in [0.1, 0.15) is 20.3 Å². The highest BCUT2D eigenvalue weighted by Gasteiger charge is 2.34. The zero-order valence-corrected chi connectivity index (χ0v) is 10.9. The van der Waals surface area contributed by atoms with Gasteiger partial charge in [-0.05, 0) is 25.5 Å². The maximum Gasteiger partial charge on any atom is 0.258 e. The second kappa shape index (κ2) is 5.19. The zero-order valence-electron chi connectivity index (χ0n) is 10.9. The average Bonchev–Trinajstić information content (AvgIpc) is 2.36. The van der Waals surface area contributed by atoms with Crippen LogP contribution in [-0.2, 0) is 9.53 Å². The number of carbonyl (C=O) groups excluding carboxylic acids is 1. The second-order valence-electron chi connectivity index (χ2n) is 4.21. The molecule has 17 heavy (non-hydrogen) atoms. The lowest BCUT2D eigenvalue weighted by atomic mass is 10.0. The summed E-state index contributed by atoms with van der Waals surface area (Å²) in [5.41, 5.74) is 6.33. The first-order valence-electron chi connectivity index (χ1n) is 5.64. The van der Waals surface area contributed by atoms with Crippen molar-refractivity contribution in [1.82, 2.24) is 0 Å². The molecular weight excluding hydrogens is 216 g/mol. The molecule has 0 aromatic heterocycles. The molecule has 2 N–H and O–H groups in total. The van der Waals surface area contributed by atoms with Crippen molar-refractivity contribution in [1.29, 1.82) is 0 Å². The van der Waals surface area contributed by atoms with E-state index >= 15 is 0 Å². The van der Waals surface area contributed by atoms with Crippen molar-refractivity contribution in [3.63, 3.8) is 0 Å². The van der Waals surface area contributed by atoms with Crippen molar-refractivity contribution in [2.45, 2.75) is 25.9 Å². The summed E-state index contributed by atoms with van der Waals surface area (Å²) in [6.07, 6.45) is 0.611. The third kappa shape index (κ3) is 2.58. The Morgan fingerprint density at radius 1 is 1.47 bits per heavy atom. The number of nitrogens with two attached hydrogens (primary N) is 1. The Bertz CT molecular complexity index is 400. The minimum Gasteiger partial charge on any atom is -0.397 e. The van der Waals surface area contributed by atoms with Gasteiger partial charge in [0.2, 0.25) is 0 Å². The summed E-state index contributed by atoms with van der Waals surface area (Å²) in [7, 11) is 3.25. The van der Waals surface area contributed by atoms with Crippen LogP contribution in [0.15, 0.2) is 24.3 Å². The predicted octanol–water partition coefficient (Wildman–Crippen LogP) is 2.05. The van der Waals surface area contributed by atoms with E-state index < -0.39 is 5.60 Å². The molecule has 0 aliphatic carbocycles. The summed E-state index contributed by atoms with van der Waals surface area (Å²) in [6.45, 7) is 3.70. The van der Waals surface area contributed by atoms with Crippen molar-refractivity contribution in [3.8, 4) is 0 Å². The summed E-state index contributed by atoms with van der Waals surface area (Å²) < 4.78 is 5.30. The van der Waals surface area contributed by atoms with Crippen LogP contribution in [0.5, 0.6) is 0 Å². The number of carbonyl (C=O) groups is 1. The van der Waals surface area contributed by atoms with Gasteiger partial charge in [0, 0.05) is 14.2 Å². The van der Waals surface area contributed by atoms with Crippen LogP contribution in [0, 0.1) is 0 Å². The summed E-state index contributed by atoms with van der Waals surface area (Å²) >= 11 is 0. The van der Waals surface area contributed by atoms with Gasteiger partial charge in [-0.1, -0.05) is 19.1 Å². The van der Waals surface area contributed by atoms with Crippen LogP contribution in [0.2, 0.25) is 0 Å². The van der Waals surface area contributed by atoms with Crippen LogP contribution in [-0.4, -0.2) is 25.7 Å². The van der Waals surface area contributed by atoms with Gasteiger partial charge in [-0.15, -0.1) is 0 Å². The maximum atomic E-state index is 12.3. The summed E-state index contributed by atoms with van der Waals surface area (Å²) in [5.74, 6) is -0.0969. The molecule has 1 aromatic carbocycles. The van der Waals surface area contributed by atoms with Gasteiger partial charge in [0.05, 0.1) is 11.4 Å². The first-order chi connectivity index (χ1) is 7.96. The van der Waals surface area contributed by atoms with E-state index in [0.717, 1.165) is 0 Å². The number of amides is 1. The van der Waals surface area contributed by atoms with Crippen molar-refractivity contribution >= 4 is 17.3 Å². The number of nitrogens with zero attached hydrogens (tertiary/aromatic N) is 1. The number of rotatable bonds is 4. The molecule has 0 bridgehead atoms. The van der Waals surface area contributed by atoms with E-state index in [4.69, 9.17) is 10.5 Å². The van der Waals surface area contributed by atoms with E-state index in [1.807, 2.05) is 25.1 Å². The Kier molecular flexibility index (Phi) is 4.12. The minimum atomic E-state index is -0.809. The highest BCUT2D eigenvalue weighted by atomic mass is 16.5. The standard InChI is InChI=1S/C13H20N2O2/c1-5-13(2,17-4)12(16)15(3)11-9-7-6-8-10(11)14/h6-9H,5,14H2,1-4H3. The van der Waals surface area contributed by atoms with E-state index in [1.54, 1.807) is 32.0 Å². The monoisotopic (exact) mass is 236 g/mol. The quantitative estimate of drug-likeness (QED) is 0.814. The number of methoxy groups -OCH3 is 1. The number of para-hydroxylation sites is 2. The highest BCUT2D eigenvalue weighted by molar-refractivity contribution is 6.00. The lowest BCUT2D eigenvalue weighted by Gasteiger charge is -2.31. The van der Waals surface area contributed by atoms with E-state index in [2.05, 4.69) is 0 Å². The van der Waals surface area contributed by atoms with Crippen LogP contribution in [0.25, 0.3) is 0 Å². The summed E-state index contributed by atoms with van der Waals surface area (Å²) in [5, 5.41) is 0. The van der Waals surface area contributed by atoms with Crippen molar-refractivity contribution < 1.29 is 9.53 Å². The number of hydrogen-bond donors (Lipinski definition) is 1. The van der Waals surface area contributed by atoms with Gasteiger partial charge < -0.3 is 15.4 Å². The third-order valence-corrected chi connectivity index (χ3v) is 3.18. The smallest absolute Gasteiger partial charge is 0.258 e. The van der Waals surface area contributed by atoms with Gasteiger partial charge in [-0.3, -0.25) is 4.79 Å². The van der Waals surface area contributed by atoms with E-state index in [9.17, 15) is 4.79 Å². The lowest BCUT2D eigenvalue weighted by Crippen LogP contribution is -2.46. The Labute approximate surface area is 102 Å². The number of nitrogen functional groups attached to an aromatic ring is 1. The molecule has 1 rings (SSSR count). The molecule has 0 radical (unpaired) electrons. The fraction of sp³-hybridized carbons (Fsp3) is 0.462. The fourth-order valence-electron chi connectivity index (χ4n) is 1.64. The first-order valence-corrected chi connectivity index (χ1v) is 5.64. The molecule has 0 heterocycles. The Balaban J connectivity index is 3.02. The average molecular weight is 236 g/mol. The highest BCUT2D eigenvalue weighted by Crippen LogP contribution is 2.25. The second-order valence-corrected chi connectivity index (χ2v) is 4.21. The van der Waals surface area contributed by atoms with Crippen LogP contribution >= 0.6 is 0 Å². The normalized spacial score (nSPS) is 14.1. The molecule has 4 nitrogen and oxygen atoms in total. The van der Waals surface area contributed by atoms with Gasteiger partial charge in [-0.25, -0.2) is 0 Å². The largest absolute Gasteiger partial charge is 0.397 e. The minimum absolute atomic E-state index is 0.0969. The SMILES string of the molecule is CCC(C)(OC)C(=O)N(C)c1ccccc1N. The summed E-state index contributed by atoms with van der Waals surface area (Å²) in [6, 6.07) is 7.28. The van der Waals surface area contributed by atoms with Gasteiger partial charge >= 0.3 is 0 Å². The van der Waals surface area contributed by atoms with Gasteiger partial charge in [0.1, 0.15) is 5.60 Å². The molecule has 1 amide bonds. The lowest BCUT2D eigenvalue weighted by molar-refractivity contribution is -0.138. The van der Waals surface area contributed by atoms with E-state index in [1.165, 1.54) is 0 Å². The molecule has 1 unspecified atom stereocenters. The van der Waals surface area contributed by atoms with Crippen molar-refractivity contribution in [3.05, 3.63) is 24.3 Å². The van der Waals surface area contributed by atoms with E-state index in [0.29, 0.717) is 17.8 Å². The molecule has 4 heteroatoms. The molecule has 1 aromatic rings. The Hall–Kier alpha value is -1.55. The van der Waals surface area contributed by atoms with Crippen molar-refractivity contribution in [2.75, 3.05) is 24.8 Å². The molecule has 0 saturated heterocycles. The Morgan fingerprint density at radius 3 is 2.53 bits per heavy atom. The van der Waals surface area contributed by atoms with E-state index in [-0.39, 0.29) is 5.91 Å². The zero-order chi connectivity index (χ0) is 13.1. The molecular formula is C13H20N2O2. The van der Waals surface area contributed by atoms with Gasteiger partial charge in [-0.2, -0.15) is 0 Å². The molecule has 0 saturated carbocycles. The number of anilines is 2. The third-order valence-electron chi connectivity index (χ3n) is 3.18. The molecule has 0 spiro atoms. The molecule has 1 atom stereocenters. The Morgan fingerprint density at radius 2 is 2.06 bits per heavy atom. The maximum absolute atomic E-state index is 12.3. The predicted molar refractivity (Wildman–Crippen MR) is 70.0 cm³/mol. The van der Waals surface area contributed by atoms with Gasteiger partial charge in [0.25, 0.3) is 5.91 Å². The topological polar surface area (TPSA) is 55.6 Å². The number of ether oxygens (including phenoxy) is 1. The number of benzene rings is 1. The van der Waals surface area contributed by atoms with Gasteiger partial charge in [0.15, 0.2) is 0 Å². The summed E-state index contributed by atoms with van der Waals surface area (Å²) in [4.78, 5) is 13.9.